The summed E-state index contributed by atoms with van der Waals surface area (Å²) in [6.45, 7) is 9.11. The molecule has 0 bridgehead atoms. The van der Waals surface area contributed by atoms with Crippen LogP contribution in [-0.2, 0) is 25.9 Å². The normalized spacial score (nSPS) is 15.1. The molecule has 108 valence electrons. The summed E-state index contributed by atoms with van der Waals surface area (Å²) < 4.78 is 0.117. The molecule has 0 atom stereocenters. The summed E-state index contributed by atoms with van der Waals surface area (Å²) in [6.07, 6.45) is 8.95. The van der Waals surface area contributed by atoms with Gasteiger partial charge in [-0.25, -0.2) is 0 Å². The van der Waals surface area contributed by atoms with Crippen molar-refractivity contribution in [3.05, 3.63) is 59.2 Å². The van der Waals surface area contributed by atoms with Gasteiger partial charge in [0.1, 0.15) is 0 Å². The predicted octanol–water partition coefficient (Wildman–Crippen LogP) is -4.58. The van der Waals surface area contributed by atoms with Gasteiger partial charge < -0.3 is 37.2 Å². The van der Waals surface area contributed by atoms with Crippen LogP contribution in [0, 0.1) is 13.8 Å². The smallest absolute Gasteiger partial charge is 1.00 e. The number of allylic oxidation sites excluding steroid dienone is 4. The second kappa shape index (κ2) is 8.06. The van der Waals surface area contributed by atoms with Gasteiger partial charge in [-0.1, -0.05) is 0 Å². The monoisotopic (exact) mass is 364 g/mol. The Labute approximate surface area is 153 Å². The molecule has 0 saturated carbocycles. The summed E-state index contributed by atoms with van der Waals surface area (Å²) >= 11 is 2.31. The molecule has 4 heteroatoms. The van der Waals surface area contributed by atoms with E-state index >= 15 is 0 Å². The molecule has 1 aromatic carbocycles. The van der Waals surface area contributed by atoms with Gasteiger partial charge in [0.2, 0.25) is 0 Å². The Morgan fingerprint density at radius 3 is 1.95 bits per heavy atom. The number of hydrogen-bond donors (Lipinski definition) is 0. The van der Waals surface area contributed by atoms with Gasteiger partial charge in [0.15, 0.2) is 0 Å². The van der Waals surface area contributed by atoms with Crippen molar-refractivity contribution in [1.29, 1.82) is 0 Å². The molecule has 0 aromatic heterocycles. The Bertz CT molecular complexity index is 492. The van der Waals surface area contributed by atoms with E-state index in [1.165, 1.54) is 16.7 Å². The van der Waals surface area contributed by atoms with E-state index < -0.39 is 0 Å². The first-order valence-corrected chi connectivity index (χ1v) is 6.85. The predicted molar refractivity (Wildman–Crippen MR) is 69.9 cm³/mol. The minimum absolute atomic E-state index is 0. The van der Waals surface area contributed by atoms with Gasteiger partial charge in [-0.2, -0.15) is 0 Å². The molecule has 20 heavy (non-hydrogen) atoms. The minimum Gasteiger partial charge on any atom is -1.00 e. The average Bonchev–Trinajstić information content (AvgIpc) is 2.71. The van der Waals surface area contributed by atoms with Crippen LogP contribution in [0.2, 0.25) is 3.72 Å². The van der Waals surface area contributed by atoms with Crippen molar-refractivity contribution < 1.29 is 57.7 Å². The van der Waals surface area contributed by atoms with Crippen LogP contribution in [0.3, 0.4) is 0 Å². The molecule has 0 N–H and O–H groups in total. The number of halogens is 3. The van der Waals surface area contributed by atoms with Gasteiger partial charge in [-0.05, 0) is 0 Å². The van der Waals surface area contributed by atoms with Gasteiger partial charge in [-0.3, -0.25) is 0 Å². The molecule has 0 amide bonds. The third kappa shape index (κ3) is 3.73. The maximum absolute atomic E-state index is 2.34. The van der Waals surface area contributed by atoms with Gasteiger partial charge >= 0.3 is 116 Å². The molecule has 1 aliphatic carbocycles. The van der Waals surface area contributed by atoms with E-state index in [0.29, 0.717) is 0 Å². The summed E-state index contributed by atoms with van der Waals surface area (Å²) in [5.74, 6) is 0. The summed E-state index contributed by atoms with van der Waals surface area (Å²) in [5, 5.41) is 0. The molecule has 1 aliphatic rings. The van der Waals surface area contributed by atoms with E-state index in [2.05, 4.69) is 90.6 Å². The van der Waals surface area contributed by atoms with Crippen molar-refractivity contribution in [3.63, 3.8) is 0 Å². The van der Waals surface area contributed by atoms with Crippen LogP contribution in [0.15, 0.2) is 42.5 Å². The van der Waals surface area contributed by atoms with Crippen LogP contribution in [-0.4, -0.2) is 0 Å². The van der Waals surface area contributed by atoms with Crippen molar-refractivity contribution in [2.45, 2.75) is 36.8 Å². The average molecular weight is 366 g/mol. The molecular weight excluding hydrogens is 346 g/mol. The fourth-order valence-electron chi connectivity index (χ4n) is 2.54. The second-order valence-electron chi connectivity index (χ2n) is 5.46. The van der Waals surface area contributed by atoms with Crippen LogP contribution in [0.25, 0.3) is 0 Å². The standard InChI is InChI=1S/C16H19.3ClH.Ti/c1-12-8-7-11-15(13(12)2)16(3,4)14-9-5-6-10-14;;;;/h5-11H,1-4H3;3*1H;/q;;;;+3/p-3. The van der Waals surface area contributed by atoms with Crippen LogP contribution in [0.5, 0.6) is 0 Å². The maximum atomic E-state index is 2.34. The van der Waals surface area contributed by atoms with Crippen molar-refractivity contribution in [1.82, 2.24) is 0 Å². The maximum Gasteiger partial charge on any atom is -1.00 e. The summed E-state index contributed by atoms with van der Waals surface area (Å²) in [7, 11) is 0. The van der Waals surface area contributed by atoms with Crippen molar-refractivity contribution in [3.8, 4) is 0 Å². The molecule has 0 unspecified atom stereocenters. The minimum atomic E-state index is 0. The van der Waals surface area contributed by atoms with Crippen molar-refractivity contribution >= 4 is 0 Å². The number of benzene rings is 1. The third-order valence-corrected chi connectivity index (χ3v) is 5.64. The molecule has 0 fully saturated rings. The molecule has 0 nitrogen and oxygen atoms in total. The van der Waals surface area contributed by atoms with E-state index in [-0.39, 0.29) is 46.4 Å². The number of aryl methyl sites for hydroxylation is 1. The second-order valence-corrected chi connectivity index (χ2v) is 6.75. The van der Waals surface area contributed by atoms with E-state index in [9.17, 15) is 0 Å². The van der Waals surface area contributed by atoms with Crippen LogP contribution >= 0.6 is 0 Å². The molecule has 0 spiro atoms. The van der Waals surface area contributed by atoms with Crippen molar-refractivity contribution in [2.24, 2.45) is 0 Å². The zero-order valence-electron chi connectivity index (χ0n) is 12.2. The van der Waals surface area contributed by atoms with Crippen LogP contribution in [0.4, 0.5) is 0 Å². The first-order valence-electron chi connectivity index (χ1n) is 6.07. The first-order chi connectivity index (χ1) is 7.88. The molecule has 2 rings (SSSR count). The Hall–Kier alpha value is 0.284. The molecule has 0 aliphatic heterocycles. The van der Waals surface area contributed by atoms with E-state index in [1.807, 2.05) is 0 Å². The fourth-order valence-corrected chi connectivity index (χ4v) is 3.05. The van der Waals surface area contributed by atoms with Gasteiger partial charge in [0.25, 0.3) is 0 Å². The molecule has 0 radical (unpaired) electrons. The Balaban J connectivity index is 0. The zero-order chi connectivity index (χ0) is 12.7. The van der Waals surface area contributed by atoms with E-state index in [1.54, 1.807) is 0 Å². The Kier molecular flexibility index (Phi) is 9.09. The fraction of sp³-hybridized carbons (Fsp3) is 0.375. The van der Waals surface area contributed by atoms with Gasteiger partial charge in [0.05, 0.1) is 0 Å². The van der Waals surface area contributed by atoms with Crippen LogP contribution < -0.4 is 37.2 Å². The number of rotatable bonds is 2. The quantitative estimate of drug-likeness (QED) is 0.463. The zero-order valence-corrected chi connectivity index (χ0v) is 16.0. The SMILES string of the molecule is Cc1cccc(C(C)(C)[C]2([Ti+3])C=CC=C2)c1C.[Cl-].[Cl-].[Cl-]. The van der Waals surface area contributed by atoms with Crippen LogP contribution in [0.1, 0.15) is 30.5 Å². The van der Waals surface area contributed by atoms with E-state index in [4.69, 9.17) is 0 Å². The first kappa shape index (κ1) is 22.6. The van der Waals surface area contributed by atoms with Gasteiger partial charge in [0, 0.05) is 0 Å². The topological polar surface area (TPSA) is 0 Å². The third-order valence-electron chi connectivity index (χ3n) is 4.14. The van der Waals surface area contributed by atoms with Crippen molar-refractivity contribution in [2.75, 3.05) is 0 Å². The van der Waals surface area contributed by atoms with Gasteiger partial charge in [-0.15, -0.1) is 0 Å². The Morgan fingerprint density at radius 2 is 1.45 bits per heavy atom. The molecule has 1 aromatic rings. The molecular formula is C16H19Cl3Ti. The molecule has 0 saturated heterocycles. The summed E-state index contributed by atoms with van der Waals surface area (Å²) in [6, 6.07) is 6.64. The van der Waals surface area contributed by atoms with E-state index in [0.717, 1.165) is 0 Å². The summed E-state index contributed by atoms with van der Waals surface area (Å²) in [5.41, 5.74) is 4.38. The Morgan fingerprint density at radius 1 is 0.950 bits per heavy atom. The molecule has 0 heterocycles. The number of hydrogen-bond acceptors (Lipinski definition) is 0. The summed E-state index contributed by atoms with van der Waals surface area (Å²) in [4.78, 5) is 0. The largest absolute Gasteiger partial charge is 1.00 e.